The van der Waals surface area contributed by atoms with Crippen LogP contribution in [0.25, 0.3) is 0 Å². The van der Waals surface area contributed by atoms with Crippen LogP contribution in [0, 0.1) is 0 Å². The minimum Gasteiger partial charge on any atom is -0.480 e. The molecule has 21 heavy (non-hydrogen) atoms. The Morgan fingerprint density at radius 1 is 1.19 bits per heavy atom. The van der Waals surface area contributed by atoms with Crippen molar-refractivity contribution in [1.82, 2.24) is 16.0 Å². The lowest BCUT2D eigenvalue weighted by Crippen LogP contribution is -2.53. The molecule has 0 heterocycles. The summed E-state index contributed by atoms with van der Waals surface area (Å²) in [6, 6.07) is -2.97. The van der Waals surface area contributed by atoms with Gasteiger partial charge in [0.1, 0.15) is 18.6 Å². The van der Waals surface area contributed by atoms with Crippen LogP contribution < -0.4 is 21.7 Å². The lowest BCUT2D eigenvalue weighted by Gasteiger charge is -2.18. The highest BCUT2D eigenvalue weighted by atomic mass is 32.2. The summed E-state index contributed by atoms with van der Waals surface area (Å²) >= 11 is 1.27. The van der Waals surface area contributed by atoms with E-state index in [2.05, 4.69) is 16.0 Å². The van der Waals surface area contributed by atoms with Crippen molar-refractivity contribution in [2.75, 3.05) is 25.1 Å². The van der Waals surface area contributed by atoms with Gasteiger partial charge < -0.3 is 31.9 Å². The number of hydrogen-bond acceptors (Lipinski definition) is 6. The third-order valence-corrected chi connectivity index (χ3v) is 2.84. The van der Waals surface area contributed by atoms with Gasteiger partial charge in [0.25, 0.3) is 0 Å². The van der Waals surface area contributed by atoms with E-state index in [0.29, 0.717) is 0 Å². The Kier molecular flexibility index (Phi) is 8.88. The van der Waals surface area contributed by atoms with Crippen LogP contribution in [0.1, 0.15) is 0 Å². The van der Waals surface area contributed by atoms with Crippen LogP contribution in [0.5, 0.6) is 0 Å². The smallest absolute Gasteiger partial charge is 0.322 e. The first kappa shape index (κ1) is 19.0. The third kappa shape index (κ3) is 8.70. The van der Waals surface area contributed by atoms with E-state index in [1.165, 1.54) is 11.8 Å². The van der Waals surface area contributed by atoms with Crippen molar-refractivity contribution in [2.45, 2.75) is 12.1 Å². The maximum atomic E-state index is 11.7. The molecule has 0 aromatic carbocycles. The first-order chi connectivity index (χ1) is 9.77. The number of thioether (sulfide) groups is 1. The molecular formula is C10H18N4O6S. The average Bonchev–Trinajstić information content (AvgIpc) is 2.41. The van der Waals surface area contributed by atoms with E-state index in [9.17, 15) is 19.2 Å². The predicted molar refractivity (Wildman–Crippen MR) is 75.0 cm³/mol. The summed E-state index contributed by atoms with van der Waals surface area (Å²) in [6.45, 7) is -0.860. The lowest BCUT2D eigenvalue weighted by molar-refractivity contribution is -0.138. The number of nitrogens with two attached hydrogens (primary N) is 1. The number of carbonyl (C=O) groups is 4. The number of rotatable bonds is 9. The summed E-state index contributed by atoms with van der Waals surface area (Å²) in [4.78, 5) is 44.0. The molecule has 120 valence electrons. The van der Waals surface area contributed by atoms with E-state index in [-0.39, 0.29) is 12.3 Å². The van der Waals surface area contributed by atoms with Gasteiger partial charge >= 0.3 is 18.0 Å². The molecule has 0 bridgehead atoms. The van der Waals surface area contributed by atoms with Crippen molar-refractivity contribution in [3.05, 3.63) is 0 Å². The Bertz CT molecular complexity index is 405. The van der Waals surface area contributed by atoms with E-state index >= 15 is 0 Å². The summed E-state index contributed by atoms with van der Waals surface area (Å²) in [6.07, 6.45) is 1.71. The fourth-order valence-corrected chi connectivity index (χ4v) is 1.70. The first-order valence-corrected chi connectivity index (χ1v) is 7.18. The Morgan fingerprint density at radius 2 is 1.81 bits per heavy atom. The van der Waals surface area contributed by atoms with Crippen LogP contribution in [-0.2, 0) is 14.4 Å². The molecule has 11 heteroatoms. The fourth-order valence-electron chi connectivity index (χ4n) is 1.13. The van der Waals surface area contributed by atoms with Crippen molar-refractivity contribution in [2.24, 2.45) is 5.73 Å². The monoisotopic (exact) mass is 322 g/mol. The summed E-state index contributed by atoms with van der Waals surface area (Å²) in [5.74, 6) is -2.90. The molecule has 3 amide bonds. The van der Waals surface area contributed by atoms with Crippen molar-refractivity contribution in [1.29, 1.82) is 0 Å². The van der Waals surface area contributed by atoms with Gasteiger partial charge in [0.15, 0.2) is 0 Å². The highest BCUT2D eigenvalue weighted by Gasteiger charge is 2.21. The van der Waals surface area contributed by atoms with Gasteiger partial charge in [-0.05, 0) is 6.26 Å². The normalized spacial score (nSPS) is 12.9. The van der Waals surface area contributed by atoms with Gasteiger partial charge in [-0.3, -0.25) is 14.4 Å². The molecule has 0 fully saturated rings. The topological polar surface area (TPSA) is 171 Å². The van der Waals surface area contributed by atoms with Crippen molar-refractivity contribution >= 4 is 35.6 Å². The zero-order valence-corrected chi connectivity index (χ0v) is 12.1. The van der Waals surface area contributed by atoms with Crippen LogP contribution in [0.3, 0.4) is 0 Å². The Balaban J connectivity index is 4.35. The van der Waals surface area contributed by atoms with Crippen molar-refractivity contribution in [3.63, 3.8) is 0 Å². The van der Waals surface area contributed by atoms with E-state index in [0.717, 1.165) is 0 Å². The predicted octanol–water partition coefficient (Wildman–Crippen LogP) is -2.37. The van der Waals surface area contributed by atoms with E-state index in [1.807, 2.05) is 0 Å². The van der Waals surface area contributed by atoms with Gasteiger partial charge in [-0.25, -0.2) is 4.79 Å². The zero-order chi connectivity index (χ0) is 16.4. The number of amides is 3. The minimum atomic E-state index is -1.27. The molecule has 0 aliphatic rings. The number of carboxylic acid groups (broad SMARTS) is 2. The molecule has 0 rings (SSSR count). The Labute approximate surface area is 124 Å². The molecule has 0 aromatic heterocycles. The van der Waals surface area contributed by atoms with Crippen LogP contribution in [-0.4, -0.2) is 71.3 Å². The Hall–Kier alpha value is -2.01. The molecule has 0 aliphatic heterocycles. The summed E-state index contributed by atoms with van der Waals surface area (Å²) < 4.78 is 0. The van der Waals surface area contributed by atoms with E-state index < -0.39 is 42.5 Å². The van der Waals surface area contributed by atoms with Crippen molar-refractivity contribution in [3.8, 4) is 0 Å². The molecule has 0 unspecified atom stereocenters. The molecule has 0 aliphatic carbocycles. The summed E-state index contributed by atoms with van der Waals surface area (Å²) in [5, 5.41) is 23.7. The van der Waals surface area contributed by atoms with Gasteiger partial charge in [-0.15, -0.1) is 0 Å². The van der Waals surface area contributed by atoms with E-state index in [4.69, 9.17) is 15.9 Å². The van der Waals surface area contributed by atoms with Crippen LogP contribution in [0.15, 0.2) is 0 Å². The number of aliphatic carboxylic acids is 2. The second kappa shape index (κ2) is 9.83. The third-order valence-electron chi connectivity index (χ3n) is 2.17. The molecule has 0 aromatic rings. The highest BCUT2D eigenvalue weighted by molar-refractivity contribution is 7.98. The number of nitrogens with one attached hydrogen (secondary N) is 3. The lowest BCUT2D eigenvalue weighted by atomic mass is 10.3. The fraction of sp³-hybridized carbons (Fsp3) is 0.600. The number of carbonyl (C=O) groups excluding carboxylic acids is 2. The standard InChI is InChI=1S/C10H18N4O6S/c1-21-4-6(8(17)12-3-7(15)16)14-10(20)13-2-5(11)9(18)19/h5-6H,2-4,11H2,1H3,(H,12,17)(H,15,16)(H,18,19)(H2,13,14,20)/t5-,6-/m0/s1. The van der Waals surface area contributed by atoms with Gasteiger partial charge in [0.2, 0.25) is 5.91 Å². The summed E-state index contributed by atoms with van der Waals surface area (Å²) in [5.41, 5.74) is 5.20. The average molecular weight is 322 g/mol. The molecule has 2 atom stereocenters. The number of carboxylic acids is 2. The molecule has 0 saturated heterocycles. The second-order valence-electron chi connectivity index (χ2n) is 3.92. The Morgan fingerprint density at radius 3 is 2.29 bits per heavy atom. The van der Waals surface area contributed by atoms with Gasteiger partial charge in [-0.2, -0.15) is 11.8 Å². The molecule has 0 radical (unpaired) electrons. The maximum absolute atomic E-state index is 11.7. The number of urea groups is 1. The van der Waals surface area contributed by atoms with E-state index in [1.54, 1.807) is 6.26 Å². The molecule has 0 saturated carbocycles. The SMILES string of the molecule is CSC[C@H](NC(=O)NC[C@H](N)C(=O)O)C(=O)NCC(=O)O. The van der Waals surface area contributed by atoms with Crippen LogP contribution in [0.2, 0.25) is 0 Å². The maximum Gasteiger partial charge on any atom is 0.322 e. The van der Waals surface area contributed by atoms with Gasteiger partial charge in [-0.1, -0.05) is 0 Å². The minimum absolute atomic E-state index is 0.226. The van der Waals surface area contributed by atoms with Crippen LogP contribution >= 0.6 is 11.8 Å². The summed E-state index contributed by atoms with van der Waals surface area (Å²) in [7, 11) is 0. The van der Waals surface area contributed by atoms with Gasteiger partial charge in [0.05, 0.1) is 0 Å². The highest BCUT2D eigenvalue weighted by Crippen LogP contribution is 1.97. The number of hydrogen-bond donors (Lipinski definition) is 6. The van der Waals surface area contributed by atoms with Gasteiger partial charge in [0, 0.05) is 12.3 Å². The molecule has 10 nitrogen and oxygen atoms in total. The molecule has 0 spiro atoms. The molecular weight excluding hydrogens is 304 g/mol. The molecule has 7 N–H and O–H groups in total. The first-order valence-electron chi connectivity index (χ1n) is 5.79. The largest absolute Gasteiger partial charge is 0.480 e. The van der Waals surface area contributed by atoms with Crippen LogP contribution in [0.4, 0.5) is 4.79 Å². The second-order valence-corrected chi connectivity index (χ2v) is 4.83. The van der Waals surface area contributed by atoms with Crippen molar-refractivity contribution < 1.29 is 29.4 Å². The zero-order valence-electron chi connectivity index (χ0n) is 11.3. The quantitative estimate of drug-likeness (QED) is 0.273.